The second-order valence-electron chi connectivity index (χ2n) is 8.07. The third kappa shape index (κ3) is 5.70. The lowest BCUT2D eigenvalue weighted by Crippen LogP contribution is -2.50. The number of amides is 1. The normalized spacial score (nSPS) is 13.6. The number of carbonyl (C=O) groups is 1. The van der Waals surface area contributed by atoms with Crippen LogP contribution in [0.2, 0.25) is 0 Å². The maximum absolute atomic E-state index is 12.4. The zero-order valence-corrected chi connectivity index (χ0v) is 15.3. The van der Waals surface area contributed by atoms with Crippen molar-refractivity contribution in [2.75, 3.05) is 0 Å². The highest BCUT2D eigenvalue weighted by Gasteiger charge is 2.29. The molecule has 0 saturated carbocycles. The summed E-state index contributed by atoms with van der Waals surface area (Å²) in [5, 5.41) is 3.10. The molecule has 0 fully saturated rings. The van der Waals surface area contributed by atoms with E-state index in [0.717, 1.165) is 23.3 Å². The first-order valence-electron chi connectivity index (χ1n) is 7.96. The van der Waals surface area contributed by atoms with Gasteiger partial charge >= 0.3 is 0 Å². The highest BCUT2D eigenvalue weighted by atomic mass is 16.5. The van der Waals surface area contributed by atoms with E-state index in [4.69, 9.17) is 4.74 Å². The molecule has 1 aromatic carbocycles. The van der Waals surface area contributed by atoms with E-state index in [9.17, 15) is 4.79 Å². The first-order valence-corrected chi connectivity index (χ1v) is 7.96. The summed E-state index contributed by atoms with van der Waals surface area (Å²) in [5.41, 5.74) is 2.15. The molecule has 1 unspecified atom stereocenters. The number of carbonyl (C=O) groups excluding carboxylic acids is 1. The molecule has 0 saturated heterocycles. The highest BCUT2D eigenvalue weighted by molar-refractivity contribution is 5.81. The lowest BCUT2D eigenvalue weighted by Gasteiger charge is -2.34. The summed E-state index contributed by atoms with van der Waals surface area (Å²) in [6, 6.07) is 5.90. The van der Waals surface area contributed by atoms with Gasteiger partial charge in [0.15, 0.2) is 6.10 Å². The van der Waals surface area contributed by atoms with Gasteiger partial charge < -0.3 is 10.1 Å². The molecule has 0 heterocycles. The molecule has 0 radical (unpaired) electrons. The van der Waals surface area contributed by atoms with Gasteiger partial charge in [-0.15, -0.1) is 0 Å². The Morgan fingerprint density at radius 2 is 1.77 bits per heavy atom. The van der Waals surface area contributed by atoms with Crippen LogP contribution in [-0.4, -0.2) is 17.6 Å². The number of rotatable bonds is 5. The third-order valence-electron chi connectivity index (χ3n) is 3.66. The smallest absolute Gasteiger partial charge is 0.261 e. The van der Waals surface area contributed by atoms with Crippen molar-refractivity contribution < 1.29 is 9.53 Å². The van der Waals surface area contributed by atoms with Crippen LogP contribution in [0.5, 0.6) is 5.75 Å². The number of hydrogen-bond acceptors (Lipinski definition) is 2. The minimum atomic E-state index is -0.514. The fraction of sp³-hybridized carbons (Fsp3) is 0.632. The Morgan fingerprint density at radius 1 is 1.18 bits per heavy atom. The SMILES string of the molecule is Cc1cccc(OC(C)C(=O)NC(C)(C)CC(C)(C)C)c1C. The van der Waals surface area contributed by atoms with Crippen LogP contribution in [0, 0.1) is 19.3 Å². The third-order valence-corrected chi connectivity index (χ3v) is 3.66. The summed E-state index contributed by atoms with van der Waals surface area (Å²) in [7, 11) is 0. The molecule has 0 aliphatic carbocycles. The molecule has 1 amide bonds. The second-order valence-corrected chi connectivity index (χ2v) is 8.07. The minimum Gasteiger partial charge on any atom is -0.481 e. The minimum absolute atomic E-state index is 0.0739. The Labute approximate surface area is 135 Å². The van der Waals surface area contributed by atoms with Crippen molar-refractivity contribution in [3.8, 4) is 5.75 Å². The molecule has 0 bridgehead atoms. The Balaban J connectivity index is 2.71. The van der Waals surface area contributed by atoms with Gasteiger partial charge in [-0.2, -0.15) is 0 Å². The molecule has 1 atom stereocenters. The molecular formula is C19H31NO2. The van der Waals surface area contributed by atoms with E-state index in [0.29, 0.717) is 0 Å². The van der Waals surface area contributed by atoms with E-state index in [1.54, 1.807) is 6.92 Å². The second kappa shape index (κ2) is 6.72. The maximum Gasteiger partial charge on any atom is 0.261 e. The Kier molecular flexibility index (Phi) is 5.66. The summed E-state index contributed by atoms with van der Waals surface area (Å²) in [6.07, 6.45) is 0.391. The topological polar surface area (TPSA) is 38.3 Å². The van der Waals surface area contributed by atoms with Crippen molar-refractivity contribution in [3.05, 3.63) is 29.3 Å². The Bertz CT molecular complexity index is 527. The van der Waals surface area contributed by atoms with Crippen molar-refractivity contribution in [1.29, 1.82) is 0 Å². The average Bonchev–Trinajstić information content (AvgIpc) is 2.31. The molecule has 3 nitrogen and oxygen atoms in total. The van der Waals surface area contributed by atoms with Gasteiger partial charge in [0, 0.05) is 5.54 Å². The summed E-state index contributed by atoms with van der Waals surface area (Å²) < 4.78 is 5.85. The fourth-order valence-corrected chi connectivity index (χ4v) is 2.90. The van der Waals surface area contributed by atoms with Crippen LogP contribution in [-0.2, 0) is 4.79 Å². The molecule has 124 valence electrons. The lowest BCUT2D eigenvalue weighted by atomic mass is 9.81. The van der Waals surface area contributed by atoms with Gasteiger partial charge in [0.25, 0.3) is 5.91 Å². The Morgan fingerprint density at radius 3 is 2.32 bits per heavy atom. The van der Waals surface area contributed by atoms with Gasteiger partial charge in [-0.05, 0) is 63.6 Å². The molecular weight excluding hydrogens is 274 g/mol. The van der Waals surface area contributed by atoms with Gasteiger partial charge in [0.05, 0.1) is 0 Å². The largest absolute Gasteiger partial charge is 0.481 e. The van der Waals surface area contributed by atoms with E-state index in [2.05, 4.69) is 39.9 Å². The van der Waals surface area contributed by atoms with E-state index < -0.39 is 6.10 Å². The van der Waals surface area contributed by atoms with Gasteiger partial charge in [0.2, 0.25) is 0 Å². The van der Waals surface area contributed by atoms with Gasteiger partial charge in [-0.1, -0.05) is 32.9 Å². The first kappa shape index (κ1) is 18.5. The molecule has 0 spiro atoms. The molecule has 0 aromatic heterocycles. The fourth-order valence-electron chi connectivity index (χ4n) is 2.90. The lowest BCUT2D eigenvalue weighted by molar-refractivity contribution is -0.129. The van der Waals surface area contributed by atoms with E-state index in [1.807, 2.05) is 32.0 Å². The molecule has 1 N–H and O–H groups in total. The summed E-state index contributed by atoms with van der Waals surface area (Å²) >= 11 is 0. The molecule has 0 aliphatic rings. The molecule has 1 aromatic rings. The van der Waals surface area contributed by atoms with Crippen molar-refractivity contribution in [1.82, 2.24) is 5.32 Å². The standard InChI is InChI=1S/C19H31NO2/c1-13-10-9-11-16(14(13)2)22-15(3)17(21)20-19(7,8)12-18(4,5)6/h9-11,15H,12H2,1-8H3,(H,20,21). The van der Waals surface area contributed by atoms with Crippen LogP contribution in [0.15, 0.2) is 18.2 Å². The van der Waals surface area contributed by atoms with Crippen molar-refractivity contribution >= 4 is 5.91 Å². The average molecular weight is 305 g/mol. The predicted octanol–water partition coefficient (Wildman–Crippen LogP) is 4.40. The molecule has 0 aliphatic heterocycles. The number of benzene rings is 1. The van der Waals surface area contributed by atoms with Crippen molar-refractivity contribution in [2.24, 2.45) is 5.41 Å². The summed E-state index contributed by atoms with van der Waals surface area (Å²) in [4.78, 5) is 12.4. The zero-order chi connectivity index (χ0) is 17.1. The zero-order valence-electron chi connectivity index (χ0n) is 15.3. The highest BCUT2D eigenvalue weighted by Crippen LogP contribution is 2.27. The van der Waals surface area contributed by atoms with E-state index >= 15 is 0 Å². The molecule has 3 heteroatoms. The quantitative estimate of drug-likeness (QED) is 0.875. The van der Waals surface area contributed by atoms with Crippen LogP contribution < -0.4 is 10.1 Å². The maximum atomic E-state index is 12.4. The molecule has 1 rings (SSSR count). The van der Waals surface area contributed by atoms with Crippen LogP contribution in [0.1, 0.15) is 59.1 Å². The first-order chi connectivity index (χ1) is 9.91. The van der Waals surface area contributed by atoms with Crippen molar-refractivity contribution in [3.63, 3.8) is 0 Å². The number of aryl methyl sites for hydroxylation is 1. The summed E-state index contributed by atoms with van der Waals surface area (Å²) in [6.45, 7) is 16.5. The van der Waals surface area contributed by atoms with Crippen LogP contribution >= 0.6 is 0 Å². The van der Waals surface area contributed by atoms with Gasteiger partial charge in [-0.3, -0.25) is 4.79 Å². The van der Waals surface area contributed by atoms with Crippen LogP contribution in [0.25, 0.3) is 0 Å². The monoisotopic (exact) mass is 305 g/mol. The summed E-state index contributed by atoms with van der Waals surface area (Å²) in [5.74, 6) is 0.700. The predicted molar refractivity (Wildman–Crippen MR) is 92.3 cm³/mol. The van der Waals surface area contributed by atoms with Crippen molar-refractivity contribution in [2.45, 2.75) is 73.5 Å². The molecule has 22 heavy (non-hydrogen) atoms. The van der Waals surface area contributed by atoms with Gasteiger partial charge in [-0.25, -0.2) is 0 Å². The Hall–Kier alpha value is -1.51. The van der Waals surface area contributed by atoms with E-state index in [1.165, 1.54) is 0 Å². The van der Waals surface area contributed by atoms with Crippen LogP contribution in [0.4, 0.5) is 0 Å². The van der Waals surface area contributed by atoms with Crippen LogP contribution in [0.3, 0.4) is 0 Å². The van der Waals surface area contributed by atoms with Gasteiger partial charge in [0.1, 0.15) is 5.75 Å². The number of hydrogen-bond donors (Lipinski definition) is 1. The number of nitrogens with one attached hydrogen (secondary N) is 1. The number of ether oxygens (including phenoxy) is 1. The van der Waals surface area contributed by atoms with E-state index in [-0.39, 0.29) is 16.9 Å².